The summed E-state index contributed by atoms with van der Waals surface area (Å²) in [5.41, 5.74) is 4.83. The van der Waals surface area contributed by atoms with Crippen molar-refractivity contribution < 1.29 is 13.5 Å². The van der Waals surface area contributed by atoms with Crippen LogP contribution in [0.5, 0.6) is 0 Å². The second-order valence-corrected chi connectivity index (χ2v) is 5.05. The molecule has 0 radical (unpaired) electrons. The molecule has 1 aliphatic heterocycles. The summed E-state index contributed by atoms with van der Waals surface area (Å²) in [4.78, 5) is 0. The summed E-state index contributed by atoms with van der Waals surface area (Å²) in [6.45, 7) is 0.525. The summed E-state index contributed by atoms with van der Waals surface area (Å²) in [5, 5.41) is 0. The van der Waals surface area contributed by atoms with Crippen LogP contribution in [0.4, 0.5) is 8.78 Å². The molecule has 0 fully saturated rings. The smallest absolute Gasteiger partial charge is 0.128 e. The van der Waals surface area contributed by atoms with E-state index in [1.165, 1.54) is 0 Å². The van der Waals surface area contributed by atoms with E-state index in [0.717, 1.165) is 35.7 Å². The zero-order chi connectivity index (χ0) is 14.8. The molecule has 0 amide bonds. The molecule has 0 aromatic heterocycles. The Labute approximate surface area is 121 Å². The first-order chi connectivity index (χ1) is 10.2. The molecule has 0 saturated heterocycles. The van der Waals surface area contributed by atoms with Crippen molar-refractivity contribution in [2.45, 2.75) is 18.6 Å². The Morgan fingerprint density at radius 2 is 2.00 bits per heavy atom. The number of rotatable bonds is 3. The molecule has 0 spiro atoms. The van der Waals surface area contributed by atoms with Gasteiger partial charge in [-0.15, -0.1) is 0 Å². The van der Waals surface area contributed by atoms with Crippen molar-refractivity contribution in [1.29, 1.82) is 0 Å². The van der Waals surface area contributed by atoms with Gasteiger partial charge in [0.2, 0.25) is 0 Å². The molecule has 2 atom stereocenters. The summed E-state index contributed by atoms with van der Waals surface area (Å²) in [5.74, 6) is 4.58. The first kappa shape index (κ1) is 14.1. The number of nitrogens with one attached hydrogen (secondary N) is 1. The van der Waals surface area contributed by atoms with Crippen LogP contribution >= 0.6 is 0 Å². The Bertz CT molecular complexity index is 648. The van der Waals surface area contributed by atoms with Crippen LogP contribution in [0.1, 0.15) is 28.8 Å². The fraction of sp³-hybridized carbons (Fsp3) is 0.250. The standard InChI is InChI=1S/C16H16F2N2O/c17-11-5-6-14(18)13(9-11)15(20-19)16-12-4-2-1-3-10(12)7-8-21-16/h1-6,9,15-16,20H,7-8,19H2. The van der Waals surface area contributed by atoms with Gasteiger partial charge < -0.3 is 4.74 Å². The third-order valence-electron chi connectivity index (χ3n) is 3.81. The number of ether oxygens (including phenoxy) is 1. The van der Waals surface area contributed by atoms with Gasteiger partial charge in [-0.3, -0.25) is 5.84 Å². The van der Waals surface area contributed by atoms with Crippen LogP contribution in [0.15, 0.2) is 42.5 Å². The summed E-state index contributed by atoms with van der Waals surface area (Å²) in [7, 11) is 0. The van der Waals surface area contributed by atoms with Gasteiger partial charge in [-0.05, 0) is 35.7 Å². The van der Waals surface area contributed by atoms with Crippen molar-refractivity contribution in [3.05, 3.63) is 70.8 Å². The van der Waals surface area contributed by atoms with Crippen LogP contribution < -0.4 is 11.3 Å². The number of hydrazine groups is 1. The fourth-order valence-electron chi connectivity index (χ4n) is 2.79. The molecule has 5 heteroatoms. The molecule has 3 rings (SSSR count). The minimum absolute atomic E-state index is 0.166. The highest BCUT2D eigenvalue weighted by Crippen LogP contribution is 2.37. The summed E-state index contributed by atoms with van der Waals surface area (Å²) in [6, 6.07) is 10.5. The summed E-state index contributed by atoms with van der Waals surface area (Å²) < 4.78 is 33.2. The molecule has 3 nitrogen and oxygen atoms in total. The molecule has 2 unspecified atom stereocenters. The lowest BCUT2D eigenvalue weighted by molar-refractivity contribution is 0.0138. The maximum atomic E-state index is 14.0. The normalized spacial score (nSPS) is 19.1. The van der Waals surface area contributed by atoms with Crippen molar-refractivity contribution in [3.8, 4) is 0 Å². The molecule has 0 bridgehead atoms. The summed E-state index contributed by atoms with van der Waals surface area (Å²) in [6.07, 6.45) is 0.353. The maximum Gasteiger partial charge on any atom is 0.128 e. The molecule has 2 aromatic carbocycles. The van der Waals surface area contributed by atoms with E-state index >= 15 is 0 Å². The predicted octanol–water partition coefficient (Wildman–Crippen LogP) is 2.78. The van der Waals surface area contributed by atoms with Gasteiger partial charge in [0.15, 0.2) is 0 Å². The van der Waals surface area contributed by atoms with Gasteiger partial charge in [-0.2, -0.15) is 0 Å². The van der Waals surface area contributed by atoms with Crippen molar-refractivity contribution in [3.63, 3.8) is 0 Å². The monoisotopic (exact) mass is 290 g/mol. The SMILES string of the molecule is NNC(c1cc(F)ccc1F)C1OCCc2ccccc21. The van der Waals surface area contributed by atoms with Crippen LogP contribution in [0, 0.1) is 11.6 Å². The molecule has 3 N–H and O–H groups in total. The highest BCUT2D eigenvalue weighted by molar-refractivity contribution is 5.35. The van der Waals surface area contributed by atoms with Crippen LogP contribution in [-0.4, -0.2) is 6.61 Å². The number of halogens is 2. The van der Waals surface area contributed by atoms with E-state index in [0.29, 0.717) is 6.61 Å². The Morgan fingerprint density at radius 3 is 2.81 bits per heavy atom. The second kappa shape index (κ2) is 5.89. The molecule has 0 saturated carbocycles. The average Bonchev–Trinajstić information content (AvgIpc) is 2.51. The van der Waals surface area contributed by atoms with Gasteiger partial charge >= 0.3 is 0 Å². The van der Waals surface area contributed by atoms with E-state index in [-0.39, 0.29) is 5.56 Å². The number of hydrogen-bond acceptors (Lipinski definition) is 3. The Morgan fingerprint density at radius 1 is 1.19 bits per heavy atom. The minimum atomic E-state index is -0.651. The van der Waals surface area contributed by atoms with Gasteiger partial charge in [0.1, 0.15) is 17.7 Å². The highest BCUT2D eigenvalue weighted by Gasteiger charge is 2.31. The van der Waals surface area contributed by atoms with E-state index in [9.17, 15) is 8.78 Å². The predicted molar refractivity (Wildman–Crippen MR) is 75.3 cm³/mol. The molecular formula is C16H16F2N2O. The molecule has 21 heavy (non-hydrogen) atoms. The van der Waals surface area contributed by atoms with Crippen LogP contribution in [0.3, 0.4) is 0 Å². The van der Waals surface area contributed by atoms with Gasteiger partial charge in [0, 0.05) is 5.56 Å². The van der Waals surface area contributed by atoms with Gasteiger partial charge in [0.05, 0.1) is 12.6 Å². The van der Waals surface area contributed by atoms with Crippen LogP contribution in [-0.2, 0) is 11.2 Å². The van der Waals surface area contributed by atoms with Gasteiger partial charge in [-0.1, -0.05) is 24.3 Å². The molecule has 2 aromatic rings. The third kappa shape index (κ3) is 2.68. The van der Waals surface area contributed by atoms with Crippen molar-refractivity contribution >= 4 is 0 Å². The number of hydrogen-bond donors (Lipinski definition) is 2. The van der Waals surface area contributed by atoms with Crippen LogP contribution in [0.2, 0.25) is 0 Å². The van der Waals surface area contributed by atoms with Crippen LogP contribution in [0.25, 0.3) is 0 Å². The summed E-state index contributed by atoms with van der Waals surface area (Å²) >= 11 is 0. The first-order valence-electron chi connectivity index (χ1n) is 6.81. The Balaban J connectivity index is 2.03. The molecule has 110 valence electrons. The zero-order valence-corrected chi connectivity index (χ0v) is 11.4. The topological polar surface area (TPSA) is 47.3 Å². The van der Waals surface area contributed by atoms with E-state index in [2.05, 4.69) is 5.43 Å². The van der Waals surface area contributed by atoms with Crippen molar-refractivity contribution in [2.24, 2.45) is 5.84 Å². The Hall–Kier alpha value is -1.82. The average molecular weight is 290 g/mol. The zero-order valence-electron chi connectivity index (χ0n) is 11.4. The largest absolute Gasteiger partial charge is 0.371 e. The highest BCUT2D eigenvalue weighted by atomic mass is 19.1. The first-order valence-corrected chi connectivity index (χ1v) is 6.81. The third-order valence-corrected chi connectivity index (χ3v) is 3.81. The number of fused-ring (bicyclic) bond motifs is 1. The van der Waals surface area contributed by atoms with E-state index in [4.69, 9.17) is 10.6 Å². The molecule has 0 aliphatic carbocycles. The lowest BCUT2D eigenvalue weighted by Crippen LogP contribution is -2.36. The lowest BCUT2D eigenvalue weighted by atomic mass is 9.90. The van der Waals surface area contributed by atoms with Gasteiger partial charge in [0.25, 0.3) is 0 Å². The van der Waals surface area contributed by atoms with E-state index in [1.54, 1.807) is 0 Å². The van der Waals surface area contributed by atoms with E-state index < -0.39 is 23.8 Å². The maximum absolute atomic E-state index is 14.0. The molecular weight excluding hydrogens is 274 g/mol. The second-order valence-electron chi connectivity index (χ2n) is 5.05. The van der Waals surface area contributed by atoms with Crippen molar-refractivity contribution in [1.82, 2.24) is 5.43 Å². The molecule has 1 aliphatic rings. The van der Waals surface area contributed by atoms with Gasteiger partial charge in [-0.25, -0.2) is 14.2 Å². The van der Waals surface area contributed by atoms with Crippen molar-refractivity contribution in [2.75, 3.05) is 6.61 Å². The number of nitrogens with two attached hydrogens (primary N) is 1. The molecule has 1 heterocycles. The fourth-order valence-corrected chi connectivity index (χ4v) is 2.79. The quantitative estimate of drug-likeness (QED) is 0.675. The Kier molecular flexibility index (Phi) is 3.96. The van der Waals surface area contributed by atoms with E-state index in [1.807, 2.05) is 24.3 Å². The minimum Gasteiger partial charge on any atom is -0.371 e. The lowest BCUT2D eigenvalue weighted by Gasteiger charge is -2.32. The number of benzene rings is 2.